The Balaban J connectivity index is 2.28. The predicted molar refractivity (Wildman–Crippen MR) is 70.7 cm³/mol. The van der Waals surface area contributed by atoms with E-state index in [1.165, 1.54) is 19.2 Å². The molecule has 0 aliphatic carbocycles. The lowest BCUT2D eigenvalue weighted by molar-refractivity contribution is -0.151. The minimum absolute atomic E-state index is 0.0289. The molecule has 0 aliphatic heterocycles. The van der Waals surface area contributed by atoms with E-state index in [2.05, 4.69) is 9.72 Å². The zero-order valence-corrected chi connectivity index (χ0v) is 10.9. The Hall–Kier alpha value is -2.43. The summed E-state index contributed by atoms with van der Waals surface area (Å²) < 4.78 is 17.4. The van der Waals surface area contributed by atoms with E-state index in [1.54, 1.807) is 24.4 Å². The predicted octanol–water partition coefficient (Wildman–Crippen LogP) is 2.42. The summed E-state index contributed by atoms with van der Waals surface area (Å²) in [6, 6.07) is 9.48. The highest BCUT2D eigenvalue weighted by atomic mass is 19.1. The van der Waals surface area contributed by atoms with E-state index in [0.717, 1.165) is 11.3 Å². The molecule has 5 heteroatoms. The first-order valence-corrected chi connectivity index (χ1v) is 6.11. The number of halogens is 1. The van der Waals surface area contributed by atoms with E-state index in [9.17, 15) is 14.0 Å². The lowest BCUT2D eigenvalue weighted by Gasteiger charge is -2.15. The second-order valence-electron chi connectivity index (χ2n) is 4.35. The van der Waals surface area contributed by atoms with Crippen LogP contribution in [0.2, 0.25) is 0 Å². The van der Waals surface area contributed by atoms with Crippen molar-refractivity contribution in [1.29, 1.82) is 0 Å². The fourth-order valence-corrected chi connectivity index (χ4v) is 2.05. The van der Waals surface area contributed by atoms with E-state index in [1.807, 2.05) is 6.07 Å². The van der Waals surface area contributed by atoms with Crippen LogP contribution in [0.25, 0.3) is 0 Å². The second-order valence-corrected chi connectivity index (χ2v) is 4.35. The van der Waals surface area contributed by atoms with Crippen LogP contribution < -0.4 is 0 Å². The number of esters is 1. The minimum atomic E-state index is -0.872. The summed E-state index contributed by atoms with van der Waals surface area (Å²) in [5, 5.41) is 0. The lowest BCUT2D eigenvalue weighted by Crippen LogP contribution is -2.19. The highest BCUT2D eigenvalue weighted by molar-refractivity contribution is 6.33. The summed E-state index contributed by atoms with van der Waals surface area (Å²) in [4.78, 5) is 26.0. The Labute approximate surface area is 115 Å². The van der Waals surface area contributed by atoms with Crippen LogP contribution in [-0.4, -0.2) is 23.8 Å². The number of hydrogen-bond donors (Lipinski definition) is 1. The maximum Gasteiger partial charge on any atom is 0.374 e. The fraction of sp³-hybridized carbons (Fsp3) is 0.200. The Kier molecular flexibility index (Phi) is 4.30. The second kappa shape index (κ2) is 6.14. The van der Waals surface area contributed by atoms with Crippen LogP contribution in [0.5, 0.6) is 0 Å². The molecule has 1 unspecified atom stereocenters. The molecule has 1 atom stereocenters. The summed E-state index contributed by atoms with van der Waals surface area (Å²) in [6.45, 7) is 0. The van der Waals surface area contributed by atoms with Crippen LogP contribution in [0, 0.1) is 5.82 Å². The molecular weight excluding hydrogens is 261 g/mol. The standard InChI is InChI=1S/C15H14FNO3/c1-20-15(19)14(18)9-12(13-3-2-8-17-13)10-4-6-11(16)7-5-10/h2-8,12,17H,9H2,1H3. The van der Waals surface area contributed by atoms with Gasteiger partial charge in [0, 0.05) is 24.2 Å². The monoisotopic (exact) mass is 275 g/mol. The van der Waals surface area contributed by atoms with Gasteiger partial charge in [-0.2, -0.15) is 0 Å². The fourth-order valence-electron chi connectivity index (χ4n) is 2.05. The number of Topliss-reactive ketones (excluding diaryl/α,β-unsaturated/α-hetero) is 1. The first-order valence-electron chi connectivity index (χ1n) is 6.11. The van der Waals surface area contributed by atoms with Gasteiger partial charge in [0.25, 0.3) is 0 Å². The molecule has 0 saturated heterocycles. The van der Waals surface area contributed by atoms with Crippen molar-refractivity contribution in [1.82, 2.24) is 4.98 Å². The molecule has 0 amide bonds. The number of carbonyl (C=O) groups excluding carboxylic acids is 2. The number of benzene rings is 1. The van der Waals surface area contributed by atoms with Crippen molar-refractivity contribution < 1.29 is 18.7 Å². The van der Waals surface area contributed by atoms with Crippen molar-refractivity contribution in [3.63, 3.8) is 0 Å². The van der Waals surface area contributed by atoms with Crippen LogP contribution >= 0.6 is 0 Å². The number of H-pyrrole nitrogens is 1. The van der Waals surface area contributed by atoms with Gasteiger partial charge in [0.15, 0.2) is 0 Å². The molecule has 4 nitrogen and oxygen atoms in total. The van der Waals surface area contributed by atoms with Gasteiger partial charge >= 0.3 is 5.97 Å². The van der Waals surface area contributed by atoms with E-state index in [0.29, 0.717) is 0 Å². The molecule has 1 N–H and O–H groups in total. The molecule has 0 aliphatic rings. The Morgan fingerprint density at radius 2 is 1.95 bits per heavy atom. The molecule has 1 aromatic heterocycles. The van der Waals surface area contributed by atoms with Gasteiger partial charge in [0.05, 0.1) is 7.11 Å². The normalized spacial score (nSPS) is 11.9. The first kappa shape index (κ1) is 14.0. The third-order valence-electron chi connectivity index (χ3n) is 3.07. The number of hydrogen-bond acceptors (Lipinski definition) is 3. The van der Waals surface area contributed by atoms with Crippen LogP contribution in [0.4, 0.5) is 4.39 Å². The van der Waals surface area contributed by atoms with Gasteiger partial charge in [0.1, 0.15) is 5.82 Å². The van der Waals surface area contributed by atoms with Crippen LogP contribution in [0.15, 0.2) is 42.6 Å². The third kappa shape index (κ3) is 3.12. The van der Waals surface area contributed by atoms with Crippen molar-refractivity contribution in [2.45, 2.75) is 12.3 Å². The number of ether oxygens (including phenoxy) is 1. The Morgan fingerprint density at radius 1 is 1.25 bits per heavy atom. The SMILES string of the molecule is COC(=O)C(=O)CC(c1ccc(F)cc1)c1ccc[nH]1. The molecular formula is C15H14FNO3. The highest BCUT2D eigenvalue weighted by Gasteiger charge is 2.23. The average Bonchev–Trinajstić information content (AvgIpc) is 2.98. The molecule has 0 bridgehead atoms. The van der Waals surface area contributed by atoms with Crippen molar-refractivity contribution >= 4 is 11.8 Å². The van der Waals surface area contributed by atoms with Gasteiger partial charge < -0.3 is 9.72 Å². The molecule has 0 saturated carbocycles. The van der Waals surface area contributed by atoms with Gasteiger partial charge in [-0.25, -0.2) is 9.18 Å². The number of methoxy groups -OCH3 is 1. The minimum Gasteiger partial charge on any atom is -0.463 e. The van der Waals surface area contributed by atoms with E-state index in [4.69, 9.17) is 0 Å². The molecule has 1 aromatic carbocycles. The summed E-state index contributed by atoms with van der Waals surface area (Å²) >= 11 is 0. The van der Waals surface area contributed by atoms with E-state index >= 15 is 0 Å². The average molecular weight is 275 g/mol. The first-order chi connectivity index (χ1) is 9.61. The number of rotatable bonds is 5. The van der Waals surface area contributed by atoms with E-state index in [-0.39, 0.29) is 18.2 Å². The smallest absolute Gasteiger partial charge is 0.374 e. The summed E-state index contributed by atoms with van der Waals surface area (Å²) in [5.41, 5.74) is 1.54. The van der Waals surface area contributed by atoms with Crippen molar-refractivity contribution in [2.24, 2.45) is 0 Å². The number of nitrogens with one attached hydrogen (secondary N) is 1. The Morgan fingerprint density at radius 3 is 2.50 bits per heavy atom. The van der Waals surface area contributed by atoms with Gasteiger partial charge in [-0.3, -0.25) is 4.79 Å². The summed E-state index contributed by atoms with van der Waals surface area (Å²) in [5.74, 6) is -2.17. The van der Waals surface area contributed by atoms with Crippen molar-refractivity contribution in [3.05, 3.63) is 59.7 Å². The number of ketones is 1. The van der Waals surface area contributed by atoms with Crippen LogP contribution in [0.3, 0.4) is 0 Å². The van der Waals surface area contributed by atoms with Gasteiger partial charge in [-0.05, 0) is 29.8 Å². The van der Waals surface area contributed by atoms with Crippen LogP contribution in [0.1, 0.15) is 23.6 Å². The number of aromatic amines is 1. The van der Waals surface area contributed by atoms with Gasteiger partial charge in [-0.15, -0.1) is 0 Å². The maximum absolute atomic E-state index is 13.0. The largest absolute Gasteiger partial charge is 0.463 e. The zero-order valence-electron chi connectivity index (χ0n) is 10.9. The molecule has 0 radical (unpaired) electrons. The van der Waals surface area contributed by atoms with E-state index < -0.39 is 11.8 Å². The molecule has 2 rings (SSSR count). The topological polar surface area (TPSA) is 59.2 Å². The highest BCUT2D eigenvalue weighted by Crippen LogP contribution is 2.27. The van der Waals surface area contributed by atoms with Crippen molar-refractivity contribution in [3.8, 4) is 0 Å². The molecule has 0 spiro atoms. The van der Waals surface area contributed by atoms with Gasteiger partial charge in [0.2, 0.25) is 5.78 Å². The molecule has 20 heavy (non-hydrogen) atoms. The zero-order chi connectivity index (χ0) is 14.5. The lowest BCUT2D eigenvalue weighted by atomic mass is 9.91. The third-order valence-corrected chi connectivity index (χ3v) is 3.07. The Bertz CT molecular complexity index is 590. The van der Waals surface area contributed by atoms with Crippen molar-refractivity contribution in [2.75, 3.05) is 7.11 Å². The number of aromatic nitrogens is 1. The van der Waals surface area contributed by atoms with Crippen LogP contribution in [-0.2, 0) is 14.3 Å². The molecule has 1 heterocycles. The van der Waals surface area contributed by atoms with Gasteiger partial charge in [-0.1, -0.05) is 12.1 Å². The quantitative estimate of drug-likeness (QED) is 0.673. The molecule has 0 fully saturated rings. The summed E-state index contributed by atoms with van der Waals surface area (Å²) in [6.07, 6.45) is 1.70. The molecule has 104 valence electrons. The molecule has 2 aromatic rings. The maximum atomic E-state index is 13.0. The number of carbonyl (C=O) groups is 2. The summed E-state index contributed by atoms with van der Waals surface area (Å²) in [7, 11) is 1.17.